The molecule has 0 bridgehead atoms. The van der Waals surface area contributed by atoms with Crippen LogP contribution in [0.4, 0.5) is 0 Å². The van der Waals surface area contributed by atoms with Gasteiger partial charge in [0.1, 0.15) is 13.2 Å². The number of aliphatic hydroxyl groups is 1. The molecule has 0 aliphatic rings. The molecule has 0 radical (unpaired) electrons. The summed E-state index contributed by atoms with van der Waals surface area (Å²) in [7, 11) is 1.30. The van der Waals surface area contributed by atoms with Crippen LogP contribution in [0, 0.1) is 0 Å². The van der Waals surface area contributed by atoms with E-state index in [4.69, 9.17) is 9.05 Å². The Hall–Kier alpha value is -1.28. The molecule has 9 heteroatoms. The van der Waals surface area contributed by atoms with Gasteiger partial charge in [-0.15, -0.1) is 0 Å². The fourth-order valence-electron chi connectivity index (χ4n) is 9.64. The number of nitrogens with zero attached hydrogens (tertiary/aromatic N) is 1. The highest BCUT2D eigenvalue weighted by atomic mass is 31.2. The first-order chi connectivity index (χ1) is 35.5. The Morgan fingerprint density at radius 1 is 0.479 bits per heavy atom. The van der Waals surface area contributed by atoms with E-state index >= 15 is 0 Å². The summed E-state index contributed by atoms with van der Waals surface area (Å²) >= 11 is 0. The molecule has 0 spiro atoms. The Bertz CT molecular complexity index is 1280. The summed E-state index contributed by atoms with van der Waals surface area (Å²) in [5.74, 6) is -0.174. The Labute approximate surface area is 455 Å². The van der Waals surface area contributed by atoms with E-state index in [1.165, 1.54) is 225 Å². The molecule has 0 aliphatic carbocycles. The predicted octanol–water partition coefficient (Wildman–Crippen LogP) is 19.1. The lowest BCUT2D eigenvalue weighted by Crippen LogP contribution is -2.46. The average Bonchev–Trinajstić information content (AvgIpc) is 3.35. The molecule has 2 N–H and O–H groups in total. The zero-order chi connectivity index (χ0) is 53.5. The maximum absolute atomic E-state index is 13.0. The van der Waals surface area contributed by atoms with E-state index in [1.54, 1.807) is 0 Å². The van der Waals surface area contributed by atoms with Crippen molar-refractivity contribution in [3.8, 4) is 0 Å². The number of hydrogen-bond donors (Lipinski definition) is 2. The Morgan fingerprint density at radius 3 is 1.18 bits per heavy atom. The number of phosphoric acid groups is 1. The molecule has 0 saturated carbocycles. The van der Waals surface area contributed by atoms with E-state index in [-0.39, 0.29) is 19.1 Å². The second-order valence-electron chi connectivity index (χ2n) is 23.1. The minimum absolute atomic E-state index is 0.00935. The van der Waals surface area contributed by atoms with E-state index < -0.39 is 20.0 Å². The number of carbonyl (C=O) groups is 1. The lowest BCUT2D eigenvalue weighted by Gasteiger charge is -2.30. The topological polar surface area (TPSA) is 108 Å². The van der Waals surface area contributed by atoms with Crippen LogP contribution in [0.3, 0.4) is 0 Å². The van der Waals surface area contributed by atoms with Crippen molar-refractivity contribution in [3.63, 3.8) is 0 Å². The summed E-state index contributed by atoms with van der Waals surface area (Å²) in [4.78, 5) is 25.6. The first kappa shape index (κ1) is 71.7. The van der Waals surface area contributed by atoms with Crippen LogP contribution >= 0.6 is 7.82 Å². The maximum atomic E-state index is 13.0. The van der Waals surface area contributed by atoms with E-state index in [1.807, 2.05) is 21.1 Å². The highest BCUT2D eigenvalue weighted by Gasteiger charge is 2.24. The van der Waals surface area contributed by atoms with Gasteiger partial charge in [0.05, 0.1) is 39.9 Å². The molecule has 0 aromatic heterocycles. The number of carbonyl (C=O) groups excluding carboxylic acids is 1. The molecule has 0 saturated heterocycles. The van der Waals surface area contributed by atoms with Crippen molar-refractivity contribution < 1.29 is 32.9 Å². The van der Waals surface area contributed by atoms with Crippen molar-refractivity contribution in [2.75, 3.05) is 40.9 Å². The number of rotatable bonds is 59. The first-order valence-corrected chi connectivity index (χ1v) is 33.3. The third-order valence-electron chi connectivity index (χ3n) is 14.6. The van der Waals surface area contributed by atoms with Crippen LogP contribution in [0.5, 0.6) is 0 Å². The highest BCUT2D eigenvalue weighted by Crippen LogP contribution is 2.38. The van der Waals surface area contributed by atoms with Gasteiger partial charge < -0.3 is 28.8 Å². The highest BCUT2D eigenvalue weighted by molar-refractivity contribution is 7.45. The Morgan fingerprint density at radius 2 is 0.795 bits per heavy atom. The molecule has 8 nitrogen and oxygen atoms in total. The van der Waals surface area contributed by atoms with Gasteiger partial charge in [-0.05, 0) is 51.4 Å². The predicted molar refractivity (Wildman–Crippen MR) is 316 cm³/mol. The number of quaternary nitrogens is 1. The van der Waals surface area contributed by atoms with Crippen molar-refractivity contribution in [2.45, 2.75) is 328 Å². The molecular formula is C64H125N2O6P. The van der Waals surface area contributed by atoms with Gasteiger partial charge in [-0.2, -0.15) is 0 Å². The number of allylic oxidation sites excluding steroid dienone is 6. The summed E-state index contributed by atoms with van der Waals surface area (Å²) in [6.07, 6.45) is 72.0. The van der Waals surface area contributed by atoms with Gasteiger partial charge in [0.25, 0.3) is 7.82 Å². The van der Waals surface area contributed by atoms with E-state index in [2.05, 4.69) is 55.6 Å². The van der Waals surface area contributed by atoms with Gasteiger partial charge in [-0.25, -0.2) is 0 Å². The van der Waals surface area contributed by atoms with Crippen LogP contribution < -0.4 is 10.2 Å². The molecule has 0 heterocycles. The quantitative estimate of drug-likeness (QED) is 0.0272. The number of unbranched alkanes of at least 4 members (excludes halogenated alkanes) is 40. The third-order valence-corrected chi connectivity index (χ3v) is 15.6. The summed E-state index contributed by atoms with van der Waals surface area (Å²) in [5, 5.41) is 14.0. The number of hydrogen-bond acceptors (Lipinski definition) is 6. The minimum atomic E-state index is -4.58. The molecule has 0 rings (SSSR count). The molecule has 73 heavy (non-hydrogen) atoms. The minimum Gasteiger partial charge on any atom is -0.756 e. The molecule has 1 amide bonds. The van der Waals surface area contributed by atoms with Crippen molar-refractivity contribution >= 4 is 13.7 Å². The maximum Gasteiger partial charge on any atom is 0.268 e. The first-order valence-electron chi connectivity index (χ1n) is 31.8. The van der Waals surface area contributed by atoms with Crippen LogP contribution in [0.25, 0.3) is 0 Å². The Kier molecular flexibility index (Phi) is 54.5. The van der Waals surface area contributed by atoms with Crippen LogP contribution in [-0.4, -0.2) is 68.5 Å². The normalized spacial score (nSPS) is 14.0. The number of likely N-dealkylation sites (N-methyl/N-ethyl adjacent to an activating group) is 1. The summed E-state index contributed by atoms with van der Waals surface area (Å²) in [6.45, 7) is 4.72. The molecule has 0 aromatic carbocycles. The molecular weight excluding hydrogens is 924 g/mol. The van der Waals surface area contributed by atoms with Gasteiger partial charge in [0.15, 0.2) is 0 Å². The second-order valence-corrected chi connectivity index (χ2v) is 24.5. The monoisotopic (exact) mass is 1050 g/mol. The fourth-order valence-corrected chi connectivity index (χ4v) is 10.4. The Balaban J connectivity index is 4.04. The number of phosphoric ester groups is 1. The van der Waals surface area contributed by atoms with E-state index in [0.717, 1.165) is 64.2 Å². The van der Waals surface area contributed by atoms with Crippen LogP contribution in [0.15, 0.2) is 36.5 Å². The molecule has 0 fully saturated rings. The van der Waals surface area contributed by atoms with Crippen LogP contribution in [-0.2, 0) is 18.4 Å². The summed E-state index contributed by atoms with van der Waals surface area (Å²) in [6, 6.07) is -0.809. The van der Waals surface area contributed by atoms with Crippen molar-refractivity contribution in [2.24, 2.45) is 0 Å². The standard InChI is InChI=1S/C64H125N2O6P/c1-6-8-10-12-14-16-18-20-22-24-26-27-28-29-30-31-32-33-34-35-36-37-38-40-41-43-45-47-49-51-53-55-57-63(67)62(61-72-73(69,70)71-60-59-66(3,4)5)65-64(68)58-56-54-52-50-48-46-44-42-39-25-23-21-19-17-15-13-11-9-7-2/h15,17,21,23,39,42,62-63,67H,6-14,16,18-20,22,24-38,40-41,43-61H2,1-5H3,(H-,65,68,69,70)/b17-15-,23-21-,42-39-. The largest absolute Gasteiger partial charge is 0.756 e. The molecule has 3 atom stereocenters. The summed E-state index contributed by atoms with van der Waals surface area (Å²) in [5.41, 5.74) is 0. The molecule has 0 aromatic rings. The number of aliphatic hydroxyl groups excluding tert-OH is 1. The summed E-state index contributed by atoms with van der Waals surface area (Å²) < 4.78 is 23.5. The lowest BCUT2D eigenvalue weighted by molar-refractivity contribution is -0.870. The van der Waals surface area contributed by atoms with Gasteiger partial charge >= 0.3 is 0 Å². The molecule has 3 unspecified atom stereocenters. The number of amides is 1. The van der Waals surface area contributed by atoms with E-state index in [0.29, 0.717) is 23.9 Å². The molecule has 0 aliphatic heterocycles. The SMILES string of the molecule is CCCCC/C=C\C/C=C\C/C=C\CCCCCCCCC(=O)NC(COP(=O)([O-])OCC[N+](C)(C)C)C(O)CCCCCCCCCCCCCCCCCCCCCCCCCCCCCCCCCC. The smallest absolute Gasteiger partial charge is 0.268 e. The third kappa shape index (κ3) is 58.2. The van der Waals surface area contributed by atoms with E-state index in [9.17, 15) is 19.4 Å². The zero-order valence-corrected chi connectivity index (χ0v) is 50.3. The van der Waals surface area contributed by atoms with Gasteiger partial charge in [-0.1, -0.05) is 294 Å². The van der Waals surface area contributed by atoms with Crippen molar-refractivity contribution in [1.29, 1.82) is 0 Å². The van der Waals surface area contributed by atoms with Gasteiger partial charge in [0, 0.05) is 6.42 Å². The number of nitrogens with one attached hydrogen (secondary N) is 1. The average molecular weight is 1050 g/mol. The second kappa shape index (κ2) is 55.5. The lowest BCUT2D eigenvalue weighted by atomic mass is 10.0. The van der Waals surface area contributed by atoms with Crippen LogP contribution in [0.1, 0.15) is 316 Å². The van der Waals surface area contributed by atoms with Crippen molar-refractivity contribution in [3.05, 3.63) is 36.5 Å². The zero-order valence-electron chi connectivity index (χ0n) is 49.4. The van der Waals surface area contributed by atoms with Gasteiger partial charge in [0.2, 0.25) is 5.91 Å². The fraction of sp³-hybridized carbons (Fsp3) is 0.891. The van der Waals surface area contributed by atoms with Gasteiger partial charge in [-0.3, -0.25) is 9.36 Å². The molecule has 432 valence electrons. The van der Waals surface area contributed by atoms with Crippen molar-refractivity contribution in [1.82, 2.24) is 5.32 Å². The van der Waals surface area contributed by atoms with Crippen LogP contribution in [0.2, 0.25) is 0 Å².